The number of nitrogens with zero attached hydrogens (tertiary/aromatic N) is 3. The summed E-state index contributed by atoms with van der Waals surface area (Å²) in [5, 5.41) is 7.71. The van der Waals surface area contributed by atoms with Crippen molar-refractivity contribution in [1.29, 1.82) is 0 Å². The molecule has 0 unspecified atom stereocenters. The minimum atomic E-state index is -0.151. The maximum Gasteiger partial charge on any atom is 0.224 e. The van der Waals surface area contributed by atoms with Gasteiger partial charge in [-0.05, 0) is 38.0 Å². The van der Waals surface area contributed by atoms with Crippen molar-refractivity contribution in [3.63, 3.8) is 0 Å². The van der Waals surface area contributed by atoms with E-state index in [1.54, 1.807) is 30.9 Å². The number of methoxy groups -OCH3 is 5. The van der Waals surface area contributed by atoms with Crippen molar-refractivity contribution in [2.24, 2.45) is 0 Å². The highest BCUT2D eigenvalue weighted by molar-refractivity contribution is 5.91. The number of hydrogen-bond donors (Lipinski definition) is 1. The van der Waals surface area contributed by atoms with Crippen molar-refractivity contribution in [1.82, 2.24) is 14.6 Å². The van der Waals surface area contributed by atoms with E-state index in [2.05, 4.69) is 5.32 Å². The lowest BCUT2D eigenvalue weighted by Crippen LogP contribution is -2.14. The smallest absolute Gasteiger partial charge is 0.224 e. The first-order valence-electron chi connectivity index (χ1n) is 12.0. The lowest BCUT2D eigenvalue weighted by molar-refractivity contribution is -0.116. The number of rotatable bonds is 10. The Morgan fingerprint density at radius 2 is 1.55 bits per heavy atom. The number of nitrogens with one attached hydrogen (secondary N) is 1. The fourth-order valence-electron chi connectivity index (χ4n) is 4.45. The van der Waals surface area contributed by atoms with E-state index in [0.29, 0.717) is 40.9 Å². The van der Waals surface area contributed by atoms with Crippen LogP contribution in [0.1, 0.15) is 23.4 Å². The molecule has 1 amide bonds. The number of benzene rings is 2. The molecule has 0 atom stereocenters. The van der Waals surface area contributed by atoms with E-state index >= 15 is 0 Å². The standard InChI is InChI=1S/C28H32N4O6/c1-16-20(10-11-27(33)30-18-12-24(36-5)28(38-7)25(13-18)37-6)17(2)32-26(29-16)15-22(31-32)21-9-8-19(34-3)14-23(21)35-4/h8-9,12-15H,10-11H2,1-7H3,(H,30,33). The van der Waals surface area contributed by atoms with Crippen molar-refractivity contribution in [3.8, 4) is 40.0 Å². The van der Waals surface area contributed by atoms with Gasteiger partial charge in [-0.15, -0.1) is 0 Å². The second-order valence-corrected chi connectivity index (χ2v) is 8.59. The van der Waals surface area contributed by atoms with Crippen molar-refractivity contribution in [2.75, 3.05) is 40.9 Å². The number of ether oxygens (including phenoxy) is 5. The van der Waals surface area contributed by atoms with Crippen LogP contribution in [0.5, 0.6) is 28.7 Å². The van der Waals surface area contributed by atoms with Gasteiger partial charge in [-0.2, -0.15) is 5.10 Å². The fraction of sp³-hybridized carbons (Fsp3) is 0.321. The molecule has 0 saturated heterocycles. The van der Waals surface area contributed by atoms with Crippen molar-refractivity contribution >= 4 is 17.2 Å². The molecule has 1 N–H and O–H groups in total. The summed E-state index contributed by atoms with van der Waals surface area (Å²) >= 11 is 0. The minimum Gasteiger partial charge on any atom is -0.497 e. The van der Waals surface area contributed by atoms with E-state index in [1.165, 1.54) is 21.3 Å². The van der Waals surface area contributed by atoms with Gasteiger partial charge in [0.25, 0.3) is 0 Å². The van der Waals surface area contributed by atoms with E-state index in [1.807, 2.05) is 38.1 Å². The summed E-state index contributed by atoms with van der Waals surface area (Å²) < 4.78 is 28.8. The van der Waals surface area contributed by atoms with Gasteiger partial charge in [0.1, 0.15) is 11.5 Å². The number of aromatic nitrogens is 3. The molecule has 10 heteroatoms. The number of fused-ring (bicyclic) bond motifs is 1. The zero-order valence-electron chi connectivity index (χ0n) is 22.7. The molecule has 2 aromatic heterocycles. The largest absolute Gasteiger partial charge is 0.497 e. The number of hydrogen-bond acceptors (Lipinski definition) is 8. The Balaban J connectivity index is 1.56. The second-order valence-electron chi connectivity index (χ2n) is 8.59. The predicted molar refractivity (Wildman–Crippen MR) is 144 cm³/mol. The van der Waals surface area contributed by atoms with Gasteiger partial charge in [0.15, 0.2) is 17.1 Å². The molecule has 10 nitrogen and oxygen atoms in total. The molecular weight excluding hydrogens is 488 g/mol. The Morgan fingerprint density at radius 3 is 2.16 bits per heavy atom. The average Bonchev–Trinajstić information content (AvgIpc) is 3.35. The molecular formula is C28H32N4O6. The van der Waals surface area contributed by atoms with Crippen LogP contribution >= 0.6 is 0 Å². The van der Waals surface area contributed by atoms with E-state index in [9.17, 15) is 4.79 Å². The molecule has 4 aromatic rings. The zero-order chi connectivity index (χ0) is 27.4. The first-order chi connectivity index (χ1) is 18.3. The van der Waals surface area contributed by atoms with Gasteiger partial charge in [-0.25, -0.2) is 9.50 Å². The van der Waals surface area contributed by atoms with Crippen molar-refractivity contribution < 1.29 is 28.5 Å². The number of carbonyl (C=O) groups is 1. The van der Waals surface area contributed by atoms with Gasteiger partial charge in [-0.1, -0.05) is 0 Å². The number of carbonyl (C=O) groups excluding carboxylic acids is 1. The SMILES string of the molecule is COc1ccc(-c2cc3nc(C)c(CCC(=O)Nc4cc(OC)c(OC)c(OC)c4)c(C)n3n2)c(OC)c1. The molecule has 0 fully saturated rings. The van der Waals surface area contributed by atoms with Crippen LogP contribution in [0, 0.1) is 13.8 Å². The summed E-state index contributed by atoms with van der Waals surface area (Å²) in [6.07, 6.45) is 0.754. The van der Waals surface area contributed by atoms with Crippen LogP contribution < -0.4 is 29.0 Å². The van der Waals surface area contributed by atoms with Gasteiger partial charge in [0, 0.05) is 53.3 Å². The zero-order valence-corrected chi connectivity index (χ0v) is 22.7. The Bertz CT molecular complexity index is 1460. The molecule has 2 aromatic carbocycles. The molecule has 4 rings (SSSR count). The maximum atomic E-state index is 12.8. The first kappa shape index (κ1) is 26.6. The Morgan fingerprint density at radius 1 is 0.868 bits per heavy atom. The monoisotopic (exact) mass is 520 g/mol. The molecule has 0 aliphatic heterocycles. The molecule has 0 bridgehead atoms. The third-order valence-corrected chi connectivity index (χ3v) is 6.40. The predicted octanol–water partition coefficient (Wildman–Crippen LogP) is 4.63. The second kappa shape index (κ2) is 11.3. The van der Waals surface area contributed by atoms with Gasteiger partial charge in [0.2, 0.25) is 11.7 Å². The maximum absolute atomic E-state index is 12.8. The van der Waals surface area contributed by atoms with E-state index in [4.69, 9.17) is 33.8 Å². The van der Waals surface area contributed by atoms with Crippen LogP contribution in [0.4, 0.5) is 5.69 Å². The van der Waals surface area contributed by atoms with E-state index in [-0.39, 0.29) is 12.3 Å². The molecule has 0 aliphatic rings. The van der Waals surface area contributed by atoms with Crippen LogP contribution in [-0.4, -0.2) is 56.1 Å². The van der Waals surface area contributed by atoms with Gasteiger partial charge >= 0.3 is 0 Å². The number of aryl methyl sites for hydroxylation is 2. The highest BCUT2D eigenvalue weighted by atomic mass is 16.5. The molecule has 2 heterocycles. The molecule has 0 radical (unpaired) electrons. The lowest BCUT2D eigenvalue weighted by atomic mass is 10.1. The Kier molecular flexibility index (Phi) is 7.90. The highest BCUT2D eigenvalue weighted by Crippen LogP contribution is 2.40. The van der Waals surface area contributed by atoms with Gasteiger partial charge < -0.3 is 29.0 Å². The number of amides is 1. The third-order valence-electron chi connectivity index (χ3n) is 6.40. The number of anilines is 1. The molecule has 200 valence electrons. The minimum absolute atomic E-state index is 0.151. The van der Waals surface area contributed by atoms with Crippen molar-refractivity contribution in [2.45, 2.75) is 26.7 Å². The quantitative estimate of drug-likeness (QED) is 0.323. The fourth-order valence-corrected chi connectivity index (χ4v) is 4.45. The summed E-state index contributed by atoms with van der Waals surface area (Å²) in [5.41, 5.74) is 5.58. The third kappa shape index (κ3) is 5.15. The van der Waals surface area contributed by atoms with Crippen molar-refractivity contribution in [3.05, 3.63) is 53.3 Å². The normalized spacial score (nSPS) is 10.8. The van der Waals surface area contributed by atoms with Crippen LogP contribution in [0.25, 0.3) is 16.9 Å². The Hall–Kier alpha value is -4.47. The lowest BCUT2D eigenvalue weighted by Gasteiger charge is -2.15. The average molecular weight is 521 g/mol. The van der Waals surface area contributed by atoms with Crippen LogP contribution in [0.3, 0.4) is 0 Å². The van der Waals surface area contributed by atoms with Crippen LogP contribution in [-0.2, 0) is 11.2 Å². The Labute approximate surface area is 221 Å². The van der Waals surface area contributed by atoms with Crippen LogP contribution in [0.15, 0.2) is 36.4 Å². The first-order valence-corrected chi connectivity index (χ1v) is 12.0. The summed E-state index contributed by atoms with van der Waals surface area (Å²) in [6, 6.07) is 10.9. The molecule has 0 aliphatic carbocycles. The molecule has 0 saturated carbocycles. The molecule has 38 heavy (non-hydrogen) atoms. The highest BCUT2D eigenvalue weighted by Gasteiger charge is 2.18. The summed E-state index contributed by atoms with van der Waals surface area (Å²) in [7, 11) is 7.82. The molecule has 0 spiro atoms. The van der Waals surface area contributed by atoms with Crippen LogP contribution in [0.2, 0.25) is 0 Å². The summed E-state index contributed by atoms with van der Waals surface area (Å²) in [4.78, 5) is 17.6. The van der Waals surface area contributed by atoms with Gasteiger partial charge in [0.05, 0.1) is 41.2 Å². The topological polar surface area (TPSA) is 105 Å². The van der Waals surface area contributed by atoms with E-state index in [0.717, 1.165) is 33.9 Å². The summed E-state index contributed by atoms with van der Waals surface area (Å²) in [6.45, 7) is 3.93. The van der Waals surface area contributed by atoms with E-state index < -0.39 is 0 Å². The van der Waals surface area contributed by atoms with Gasteiger partial charge in [-0.3, -0.25) is 4.79 Å². The summed E-state index contributed by atoms with van der Waals surface area (Å²) in [5.74, 6) is 2.60.